The number of allylic oxidation sites excluding steroid dienone is 23. The number of rotatable bonds is 12. The van der Waals surface area contributed by atoms with E-state index >= 15 is 0 Å². The summed E-state index contributed by atoms with van der Waals surface area (Å²) >= 11 is 0. The minimum absolute atomic E-state index is 0.0467. The third kappa shape index (κ3) is 9.68. The zero-order valence-corrected chi connectivity index (χ0v) is 31.2. The number of pyridine rings is 1. The van der Waals surface area contributed by atoms with Crippen LogP contribution in [0.2, 0.25) is 0 Å². The van der Waals surface area contributed by atoms with Crippen LogP contribution in [0.5, 0.6) is 0 Å². The van der Waals surface area contributed by atoms with Crippen molar-refractivity contribution in [3.8, 4) is 11.1 Å². The molecule has 1 unspecified atom stereocenters. The summed E-state index contributed by atoms with van der Waals surface area (Å²) < 4.78 is 0. The van der Waals surface area contributed by atoms with E-state index in [2.05, 4.69) is 162 Å². The molecule has 2 aromatic carbocycles. The average molecular weight is 679 g/mol. The van der Waals surface area contributed by atoms with Crippen LogP contribution in [0.15, 0.2) is 199 Å². The van der Waals surface area contributed by atoms with E-state index in [0.29, 0.717) is 5.71 Å². The van der Waals surface area contributed by atoms with Crippen molar-refractivity contribution in [1.29, 1.82) is 5.41 Å². The predicted octanol–water partition coefficient (Wildman–Crippen LogP) is 13.6. The van der Waals surface area contributed by atoms with Gasteiger partial charge >= 0.3 is 0 Å². The summed E-state index contributed by atoms with van der Waals surface area (Å²) in [6, 6.07) is 21.8. The average Bonchev–Trinajstić information content (AvgIpc) is 3.17. The number of aromatic nitrogens is 1. The highest BCUT2D eigenvalue weighted by molar-refractivity contribution is 6.10. The van der Waals surface area contributed by atoms with Crippen molar-refractivity contribution in [2.24, 2.45) is 5.41 Å². The van der Waals surface area contributed by atoms with Crippen LogP contribution in [-0.2, 0) is 0 Å². The van der Waals surface area contributed by atoms with Crippen LogP contribution in [0.1, 0.15) is 64.2 Å². The van der Waals surface area contributed by atoms with E-state index in [0.717, 1.165) is 29.6 Å². The van der Waals surface area contributed by atoms with Gasteiger partial charge in [0, 0.05) is 23.4 Å². The highest BCUT2D eigenvalue weighted by atomic mass is 14.6. The third-order valence-corrected chi connectivity index (χ3v) is 9.76. The van der Waals surface area contributed by atoms with Gasteiger partial charge in [-0.05, 0) is 120 Å². The zero-order chi connectivity index (χ0) is 36.9. The van der Waals surface area contributed by atoms with Crippen LogP contribution < -0.4 is 0 Å². The Kier molecular flexibility index (Phi) is 12.9. The molecule has 260 valence electrons. The van der Waals surface area contributed by atoms with Gasteiger partial charge in [-0.25, -0.2) is 0 Å². The topological polar surface area (TPSA) is 36.7 Å². The van der Waals surface area contributed by atoms with Gasteiger partial charge in [0.1, 0.15) is 0 Å². The van der Waals surface area contributed by atoms with Gasteiger partial charge in [0.25, 0.3) is 0 Å². The fourth-order valence-corrected chi connectivity index (χ4v) is 6.43. The normalized spacial score (nSPS) is 19.5. The van der Waals surface area contributed by atoms with Crippen molar-refractivity contribution in [2.45, 2.75) is 47.5 Å². The molecule has 2 nitrogen and oxygen atoms in total. The first-order chi connectivity index (χ1) is 25.2. The summed E-state index contributed by atoms with van der Waals surface area (Å²) in [4.78, 5) is 4.16. The zero-order valence-electron chi connectivity index (χ0n) is 31.2. The van der Waals surface area contributed by atoms with E-state index in [1.54, 1.807) is 0 Å². The van der Waals surface area contributed by atoms with Crippen LogP contribution >= 0.6 is 0 Å². The van der Waals surface area contributed by atoms with Gasteiger partial charge in [-0.1, -0.05) is 153 Å². The van der Waals surface area contributed by atoms with Gasteiger partial charge in [-0.15, -0.1) is 0 Å². The summed E-state index contributed by atoms with van der Waals surface area (Å²) in [5.74, 6) is 0. The molecular formula is C50H50N2. The molecule has 0 saturated heterocycles. The molecule has 0 amide bonds. The molecule has 0 fully saturated rings. The number of hydrogen-bond donors (Lipinski definition) is 1. The SMILES string of the molecule is C=C/C=C(\C=C/C)C1(C)C=CC(C/C=C(\C=C(/C)c2ccc(-c3ccncc3)cc2)c2ccc(/C(C)=C/C=C\C(C)=C3/C=CC=CC3=N)cc2)=CC1. The van der Waals surface area contributed by atoms with Gasteiger partial charge in [0.2, 0.25) is 0 Å². The molecule has 3 aromatic rings. The molecule has 0 aliphatic heterocycles. The number of nitrogens with one attached hydrogen (secondary N) is 1. The first kappa shape index (κ1) is 37.4. The third-order valence-electron chi connectivity index (χ3n) is 9.76. The fraction of sp³-hybridized carbons (Fsp3) is 0.160. The van der Waals surface area contributed by atoms with Crippen molar-refractivity contribution >= 4 is 22.4 Å². The maximum atomic E-state index is 8.20. The van der Waals surface area contributed by atoms with Crippen molar-refractivity contribution in [3.05, 3.63) is 216 Å². The lowest BCUT2D eigenvalue weighted by Crippen LogP contribution is -2.17. The van der Waals surface area contributed by atoms with Crippen LogP contribution in [0, 0.1) is 10.8 Å². The predicted molar refractivity (Wildman–Crippen MR) is 227 cm³/mol. The van der Waals surface area contributed by atoms with E-state index in [-0.39, 0.29) is 5.41 Å². The molecule has 1 heterocycles. The minimum Gasteiger partial charge on any atom is -0.300 e. The van der Waals surface area contributed by atoms with Gasteiger partial charge in [0.15, 0.2) is 0 Å². The summed E-state index contributed by atoms with van der Waals surface area (Å²) in [5.41, 5.74) is 14.6. The number of benzene rings is 2. The number of hydrogen-bond acceptors (Lipinski definition) is 2. The van der Waals surface area contributed by atoms with Gasteiger partial charge in [0.05, 0.1) is 5.71 Å². The molecule has 1 aromatic heterocycles. The maximum Gasteiger partial charge on any atom is 0.0614 e. The van der Waals surface area contributed by atoms with E-state index in [1.807, 2.05) is 54.9 Å². The van der Waals surface area contributed by atoms with Gasteiger partial charge in [-0.2, -0.15) is 0 Å². The largest absolute Gasteiger partial charge is 0.300 e. The second-order valence-electron chi connectivity index (χ2n) is 13.6. The highest BCUT2D eigenvalue weighted by Crippen LogP contribution is 2.38. The summed E-state index contributed by atoms with van der Waals surface area (Å²) in [6.45, 7) is 14.7. The van der Waals surface area contributed by atoms with Crippen LogP contribution in [-0.4, -0.2) is 10.7 Å². The molecule has 52 heavy (non-hydrogen) atoms. The van der Waals surface area contributed by atoms with Gasteiger partial charge < -0.3 is 5.41 Å². The lowest BCUT2D eigenvalue weighted by molar-refractivity contribution is 0.527. The molecule has 1 N–H and O–H groups in total. The van der Waals surface area contributed by atoms with Crippen molar-refractivity contribution in [3.63, 3.8) is 0 Å². The van der Waals surface area contributed by atoms with E-state index in [4.69, 9.17) is 5.41 Å². The van der Waals surface area contributed by atoms with Crippen LogP contribution in [0.4, 0.5) is 0 Å². The van der Waals surface area contributed by atoms with Crippen LogP contribution in [0.25, 0.3) is 27.8 Å². The Balaban J connectivity index is 1.40. The minimum atomic E-state index is -0.0467. The van der Waals surface area contributed by atoms with E-state index in [9.17, 15) is 0 Å². The van der Waals surface area contributed by atoms with Crippen molar-refractivity contribution < 1.29 is 0 Å². The standard InChI is InChI=1S/C50H50N2/c1-7-12-47(13-8-2)50(6)32-28-40(29-33-50)18-19-46(36-39(5)42-22-24-43(25-23-42)45-30-34-52-35-31-45)44-26-20-41(21-27-44)37(3)14-11-15-38(4)48-16-9-10-17-49(48)51/h7-17,19-32,34-36,51H,1,18,33H2,2-6H3/b13-8-,15-11-,37-14+,39-36+,46-19+,47-12+,48-38+,51-49?. The Hall–Kier alpha value is -5.86. The molecule has 2 aliphatic rings. The number of nitrogens with zero attached hydrogens (tertiary/aromatic N) is 1. The van der Waals surface area contributed by atoms with Crippen molar-refractivity contribution in [2.75, 3.05) is 0 Å². The molecule has 0 spiro atoms. The summed E-state index contributed by atoms with van der Waals surface area (Å²) in [5, 5.41) is 8.20. The smallest absolute Gasteiger partial charge is 0.0614 e. The van der Waals surface area contributed by atoms with E-state index < -0.39 is 0 Å². The first-order valence-corrected chi connectivity index (χ1v) is 18.0. The van der Waals surface area contributed by atoms with Crippen LogP contribution in [0.3, 0.4) is 0 Å². The molecule has 0 saturated carbocycles. The highest BCUT2D eigenvalue weighted by Gasteiger charge is 2.25. The molecule has 2 aliphatic carbocycles. The lowest BCUT2D eigenvalue weighted by atomic mass is 9.75. The summed E-state index contributed by atoms with van der Waals surface area (Å²) in [7, 11) is 0. The molecule has 2 heteroatoms. The summed E-state index contributed by atoms with van der Waals surface area (Å²) in [6.07, 6.45) is 39.5. The Morgan fingerprint density at radius 1 is 0.808 bits per heavy atom. The molecule has 1 atom stereocenters. The molecule has 0 radical (unpaired) electrons. The van der Waals surface area contributed by atoms with Crippen molar-refractivity contribution in [1.82, 2.24) is 4.98 Å². The molecule has 5 rings (SSSR count). The Labute approximate surface area is 311 Å². The fourth-order valence-electron chi connectivity index (χ4n) is 6.43. The molecular weight excluding hydrogens is 629 g/mol. The Morgan fingerprint density at radius 2 is 1.46 bits per heavy atom. The second kappa shape index (κ2) is 17.9. The Bertz CT molecular complexity index is 2110. The maximum absolute atomic E-state index is 8.20. The second-order valence-corrected chi connectivity index (χ2v) is 13.6. The first-order valence-electron chi connectivity index (χ1n) is 18.0. The Morgan fingerprint density at radius 3 is 2.12 bits per heavy atom. The van der Waals surface area contributed by atoms with E-state index in [1.165, 1.54) is 50.1 Å². The quantitative estimate of drug-likeness (QED) is 0.190. The monoisotopic (exact) mass is 678 g/mol. The molecule has 0 bridgehead atoms. The lowest BCUT2D eigenvalue weighted by Gasteiger charge is -2.29. The van der Waals surface area contributed by atoms with Gasteiger partial charge in [-0.3, -0.25) is 4.98 Å².